The summed E-state index contributed by atoms with van der Waals surface area (Å²) in [4.78, 5) is 10.8. The highest BCUT2D eigenvalue weighted by Crippen LogP contribution is 2.24. The molecule has 3 nitrogen and oxygen atoms in total. The SMILES string of the molecule is O=[N+]([O-])/C(=C\c1ccc(Cl)cc1)Cc1ccc(Cl)cc1Cl. The molecule has 0 bridgehead atoms. The number of allylic oxidation sites excluding steroid dienone is 1. The fraction of sp³-hybridized carbons (Fsp3) is 0.0667. The maximum atomic E-state index is 11.2. The number of benzene rings is 2. The average Bonchev–Trinajstić information content (AvgIpc) is 2.43. The summed E-state index contributed by atoms with van der Waals surface area (Å²) in [6, 6.07) is 11.7. The predicted octanol–water partition coefficient (Wildman–Crippen LogP) is 5.51. The molecule has 0 aliphatic carbocycles. The van der Waals surface area contributed by atoms with Crippen LogP contribution in [0.15, 0.2) is 48.2 Å². The summed E-state index contributed by atoms with van der Waals surface area (Å²) in [6.07, 6.45) is 1.62. The quantitative estimate of drug-likeness (QED) is 0.543. The number of halogens is 3. The molecule has 0 aliphatic rings. The summed E-state index contributed by atoms with van der Waals surface area (Å²) >= 11 is 17.7. The van der Waals surface area contributed by atoms with Crippen LogP contribution in [0.25, 0.3) is 6.08 Å². The second-order valence-corrected chi connectivity index (χ2v) is 5.64. The molecule has 0 saturated carbocycles. The maximum Gasteiger partial charge on any atom is 0.251 e. The Morgan fingerprint density at radius 1 is 1.05 bits per heavy atom. The van der Waals surface area contributed by atoms with Gasteiger partial charge >= 0.3 is 0 Å². The van der Waals surface area contributed by atoms with Crippen LogP contribution in [0.4, 0.5) is 0 Å². The van der Waals surface area contributed by atoms with Crippen LogP contribution in [0.1, 0.15) is 11.1 Å². The van der Waals surface area contributed by atoms with Gasteiger partial charge in [-0.2, -0.15) is 0 Å². The van der Waals surface area contributed by atoms with Gasteiger partial charge in [-0.3, -0.25) is 10.1 Å². The van der Waals surface area contributed by atoms with Crippen molar-refractivity contribution in [3.63, 3.8) is 0 Å². The van der Waals surface area contributed by atoms with Crippen molar-refractivity contribution in [2.24, 2.45) is 0 Å². The van der Waals surface area contributed by atoms with Crippen molar-refractivity contribution in [1.29, 1.82) is 0 Å². The van der Waals surface area contributed by atoms with Crippen LogP contribution < -0.4 is 0 Å². The Hall–Kier alpha value is -1.55. The van der Waals surface area contributed by atoms with E-state index >= 15 is 0 Å². The standard InChI is InChI=1S/C15H10Cl3NO2/c16-12-4-1-10(2-5-12)7-14(19(20)21)8-11-3-6-13(17)9-15(11)18/h1-7,9H,8H2/b14-7-. The van der Waals surface area contributed by atoms with E-state index in [2.05, 4.69) is 0 Å². The van der Waals surface area contributed by atoms with Gasteiger partial charge in [-0.05, 0) is 35.4 Å². The molecule has 2 rings (SSSR count). The molecule has 21 heavy (non-hydrogen) atoms. The lowest BCUT2D eigenvalue weighted by Crippen LogP contribution is -2.03. The molecule has 0 fully saturated rings. The third-order valence-electron chi connectivity index (χ3n) is 2.82. The second-order valence-electron chi connectivity index (χ2n) is 4.36. The Labute approximate surface area is 136 Å². The highest BCUT2D eigenvalue weighted by atomic mass is 35.5. The van der Waals surface area contributed by atoms with E-state index in [1.807, 2.05) is 0 Å². The number of rotatable bonds is 4. The molecule has 0 unspecified atom stereocenters. The summed E-state index contributed by atoms with van der Waals surface area (Å²) < 4.78 is 0. The van der Waals surface area contributed by atoms with Gasteiger partial charge in [-0.25, -0.2) is 0 Å². The van der Waals surface area contributed by atoms with Gasteiger partial charge in [0.15, 0.2) is 0 Å². The minimum Gasteiger partial charge on any atom is -0.259 e. The first kappa shape index (κ1) is 15.8. The zero-order valence-electron chi connectivity index (χ0n) is 10.7. The van der Waals surface area contributed by atoms with Crippen molar-refractivity contribution >= 4 is 40.9 Å². The number of nitrogens with zero attached hydrogens (tertiary/aromatic N) is 1. The molecule has 0 spiro atoms. The van der Waals surface area contributed by atoms with Gasteiger partial charge < -0.3 is 0 Å². The highest BCUT2D eigenvalue weighted by Gasteiger charge is 2.14. The molecule has 0 N–H and O–H groups in total. The topological polar surface area (TPSA) is 43.1 Å². The van der Waals surface area contributed by atoms with Crippen molar-refractivity contribution in [1.82, 2.24) is 0 Å². The van der Waals surface area contributed by atoms with Crippen LogP contribution in [0.3, 0.4) is 0 Å². The van der Waals surface area contributed by atoms with Gasteiger partial charge in [-0.15, -0.1) is 0 Å². The first-order valence-electron chi connectivity index (χ1n) is 6.00. The summed E-state index contributed by atoms with van der Waals surface area (Å²) in [5.41, 5.74) is 1.40. The molecule has 0 amide bonds. The number of hydrogen-bond donors (Lipinski definition) is 0. The minimum atomic E-state index is -0.417. The summed E-state index contributed by atoms with van der Waals surface area (Å²) in [6.45, 7) is 0. The Kier molecular flexibility index (Phi) is 5.23. The van der Waals surface area contributed by atoms with E-state index in [9.17, 15) is 10.1 Å². The van der Waals surface area contributed by atoms with Crippen molar-refractivity contribution in [3.05, 3.63) is 84.5 Å². The minimum absolute atomic E-state index is 0.0431. The van der Waals surface area contributed by atoms with Crippen LogP contribution in [0, 0.1) is 10.1 Å². The van der Waals surface area contributed by atoms with E-state index in [1.54, 1.807) is 42.5 Å². The zero-order chi connectivity index (χ0) is 15.4. The van der Waals surface area contributed by atoms with Crippen molar-refractivity contribution in [2.75, 3.05) is 0 Å². The van der Waals surface area contributed by atoms with Gasteiger partial charge in [0.1, 0.15) is 0 Å². The molecule has 0 heterocycles. The van der Waals surface area contributed by atoms with Crippen molar-refractivity contribution < 1.29 is 4.92 Å². The van der Waals surface area contributed by atoms with Crippen LogP contribution >= 0.6 is 34.8 Å². The fourth-order valence-corrected chi connectivity index (χ4v) is 2.38. The van der Waals surface area contributed by atoms with Gasteiger partial charge in [0, 0.05) is 21.1 Å². The van der Waals surface area contributed by atoms with E-state index in [0.29, 0.717) is 26.2 Å². The van der Waals surface area contributed by atoms with Gasteiger partial charge in [0.05, 0.1) is 11.3 Å². The molecule has 0 aromatic heterocycles. The van der Waals surface area contributed by atoms with Gasteiger partial charge in [0.25, 0.3) is 5.70 Å². The van der Waals surface area contributed by atoms with Crippen molar-refractivity contribution in [2.45, 2.75) is 6.42 Å². The lowest BCUT2D eigenvalue weighted by Gasteiger charge is -2.04. The monoisotopic (exact) mass is 341 g/mol. The van der Waals surface area contributed by atoms with E-state index < -0.39 is 4.92 Å². The van der Waals surface area contributed by atoms with E-state index in [4.69, 9.17) is 34.8 Å². The molecule has 108 valence electrons. The third kappa shape index (κ3) is 4.46. The summed E-state index contributed by atoms with van der Waals surface area (Å²) in [5, 5.41) is 12.7. The summed E-state index contributed by atoms with van der Waals surface area (Å²) in [5.74, 6) is 0. The molecular weight excluding hydrogens is 333 g/mol. The first-order chi connectivity index (χ1) is 9.95. The van der Waals surface area contributed by atoms with Crippen LogP contribution in [-0.2, 0) is 6.42 Å². The van der Waals surface area contributed by atoms with Crippen LogP contribution in [0.2, 0.25) is 15.1 Å². The smallest absolute Gasteiger partial charge is 0.251 e. The molecule has 0 radical (unpaired) electrons. The molecule has 0 saturated heterocycles. The molecule has 2 aromatic carbocycles. The lowest BCUT2D eigenvalue weighted by molar-refractivity contribution is -0.425. The number of nitro groups is 1. The number of hydrogen-bond acceptors (Lipinski definition) is 2. The molecule has 0 atom stereocenters. The Balaban J connectivity index is 2.31. The normalized spacial score (nSPS) is 11.5. The zero-order valence-corrected chi connectivity index (χ0v) is 13.0. The first-order valence-corrected chi connectivity index (χ1v) is 7.13. The maximum absolute atomic E-state index is 11.2. The van der Waals surface area contributed by atoms with Gasteiger partial charge in [-0.1, -0.05) is 53.0 Å². The summed E-state index contributed by atoms with van der Waals surface area (Å²) in [7, 11) is 0. The van der Waals surface area contributed by atoms with Crippen LogP contribution in [0.5, 0.6) is 0 Å². The van der Waals surface area contributed by atoms with Crippen LogP contribution in [-0.4, -0.2) is 4.92 Å². The Morgan fingerprint density at radius 2 is 1.67 bits per heavy atom. The highest BCUT2D eigenvalue weighted by molar-refractivity contribution is 6.35. The largest absolute Gasteiger partial charge is 0.259 e. The second kappa shape index (κ2) is 6.94. The predicted molar refractivity (Wildman–Crippen MR) is 86.6 cm³/mol. The van der Waals surface area contributed by atoms with Gasteiger partial charge in [0.2, 0.25) is 0 Å². The Morgan fingerprint density at radius 3 is 2.24 bits per heavy atom. The van der Waals surface area contributed by atoms with E-state index in [0.717, 1.165) is 0 Å². The van der Waals surface area contributed by atoms with E-state index in [-0.39, 0.29) is 12.1 Å². The molecule has 0 aliphatic heterocycles. The lowest BCUT2D eigenvalue weighted by atomic mass is 10.1. The van der Waals surface area contributed by atoms with Crippen molar-refractivity contribution in [3.8, 4) is 0 Å². The molecule has 2 aromatic rings. The third-order valence-corrected chi connectivity index (χ3v) is 3.66. The average molecular weight is 343 g/mol. The Bertz CT molecular complexity index is 697. The molecular formula is C15H10Cl3NO2. The molecule has 6 heteroatoms. The fourth-order valence-electron chi connectivity index (χ4n) is 1.78. The van der Waals surface area contributed by atoms with E-state index in [1.165, 1.54) is 6.08 Å².